The maximum atomic E-state index is 12.0. The Balaban J connectivity index is 2.61. The van der Waals surface area contributed by atoms with Crippen molar-refractivity contribution >= 4 is 11.6 Å². The highest BCUT2D eigenvalue weighted by Crippen LogP contribution is 2.13. The average Bonchev–Trinajstić information content (AvgIpc) is 2.25. The van der Waals surface area contributed by atoms with E-state index in [1.807, 2.05) is 39.8 Å². The molecule has 0 saturated carbocycles. The van der Waals surface area contributed by atoms with Gasteiger partial charge in [0.2, 0.25) is 5.91 Å². The highest BCUT2D eigenvalue weighted by Gasteiger charge is 2.09. The molecule has 0 fully saturated rings. The van der Waals surface area contributed by atoms with Gasteiger partial charge in [0.05, 0.1) is 6.54 Å². The van der Waals surface area contributed by atoms with Crippen LogP contribution in [0.4, 0.5) is 5.69 Å². The van der Waals surface area contributed by atoms with Crippen molar-refractivity contribution in [2.45, 2.75) is 27.7 Å². The molecule has 3 nitrogen and oxygen atoms in total. The summed E-state index contributed by atoms with van der Waals surface area (Å²) in [6, 6.07) is 6.06. The number of hydrogen-bond acceptors (Lipinski definition) is 2. The predicted molar refractivity (Wildman–Crippen MR) is 81.5 cm³/mol. The molecule has 0 aromatic heterocycles. The van der Waals surface area contributed by atoms with Gasteiger partial charge in [-0.1, -0.05) is 25.1 Å². The number of hydrogen-bond donors (Lipinski definition) is 1. The highest BCUT2D eigenvalue weighted by molar-refractivity contribution is 5.92. The molecule has 0 aliphatic heterocycles. The van der Waals surface area contributed by atoms with Crippen molar-refractivity contribution in [2.75, 3.05) is 25.0 Å². The first-order valence-electron chi connectivity index (χ1n) is 6.65. The van der Waals surface area contributed by atoms with Crippen LogP contribution >= 0.6 is 0 Å². The molecule has 0 spiro atoms. The smallest absolute Gasteiger partial charge is 0.238 e. The number of amides is 1. The number of nitrogens with one attached hydrogen (secondary N) is 1. The molecule has 0 radical (unpaired) electrons. The van der Waals surface area contributed by atoms with E-state index >= 15 is 0 Å². The first kappa shape index (κ1) is 15.4. The van der Waals surface area contributed by atoms with Gasteiger partial charge in [-0.05, 0) is 50.6 Å². The van der Waals surface area contributed by atoms with Crippen molar-refractivity contribution in [2.24, 2.45) is 0 Å². The predicted octanol–water partition coefficient (Wildman–Crippen LogP) is 3.14. The van der Waals surface area contributed by atoms with Crippen LogP contribution in [-0.2, 0) is 4.79 Å². The Bertz CT molecular complexity index is 446. The molecule has 0 bridgehead atoms. The van der Waals surface area contributed by atoms with Gasteiger partial charge in [-0.2, -0.15) is 0 Å². The zero-order valence-corrected chi connectivity index (χ0v) is 12.4. The lowest BCUT2D eigenvalue weighted by Gasteiger charge is -2.19. The summed E-state index contributed by atoms with van der Waals surface area (Å²) < 4.78 is 0. The number of likely N-dealkylation sites (N-methyl/N-ethyl adjacent to an activating group) is 1. The molecular weight excluding hydrogens is 236 g/mol. The third-order valence-corrected chi connectivity index (χ3v) is 2.81. The van der Waals surface area contributed by atoms with Crippen molar-refractivity contribution in [1.82, 2.24) is 4.90 Å². The number of carbonyl (C=O) groups is 1. The van der Waals surface area contributed by atoms with E-state index in [0.29, 0.717) is 6.54 Å². The minimum atomic E-state index is 0.0214. The van der Waals surface area contributed by atoms with Crippen molar-refractivity contribution < 1.29 is 4.79 Å². The van der Waals surface area contributed by atoms with E-state index in [4.69, 9.17) is 0 Å². The lowest BCUT2D eigenvalue weighted by Crippen LogP contribution is -2.34. The number of benzene rings is 1. The second-order valence-corrected chi connectivity index (χ2v) is 5.18. The van der Waals surface area contributed by atoms with Gasteiger partial charge in [0.1, 0.15) is 0 Å². The molecule has 0 atom stereocenters. The Labute approximate surface area is 116 Å². The summed E-state index contributed by atoms with van der Waals surface area (Å²) in [5.41, 5.74) is 4.25. The first-order chi connectivity index (χ1) is 8.90. The molecule has 1 aromatic carbocycles. The van der Waals surface area contributed by atoms with Crippen molar-refractivity contribution in [3.8, 4) is 0 Å². The molecule has 0 aliphatic rings. The highest BCUT2D eigenvalue weighted by atomic mass is 16.2. The Morgan fingerprint density at radius 1 is 1.21 bits per heavy atom. The summed E-state index contributed by atoms with van der Waals surface area (Å²) in [6.07, 6.45) is 0. The number of anilines is 1. The Morgan fingerprint density at radius 3 is 2.26 bits per heavy atom. The molecule has 0 unspecified atom stereocenters. The molecule has 19 heavy (non-hydrogen) atoms. The molecule has 1 aromatic rings. The van der Waals surface area contributed by atoms with Crippen LogP contribution in [0.1, 0.15) is 25.0 Å². The molecular formula is C16H24N2O. The van der Waals surface area contributed by atoms with Crippen LogP contribution in [0.3, 0.4) is 0 Å². The van der Waals surface area contributed by atoms with Gasteiger partial charge in [0.25, 0.3) is 0 Å². The van der Waals surface area contributed by atoms with Crippen molar-refractivity contribution in [3.63, 3.8) is 0 Å². The fourth-order valence-electron chi connectivity index (χ4n) is 2.11. The fourth-order valence-corrected chi connectivity index (χ4v) is 2.11. The zero-order valence-electron chi connectivity index (χ0n) is 12.4. The maximum absolute atomic E-state index is 12.0. The fraction of sp³-hybridized carbons (Fsp3) is 0.438. The minimum absolute atomic E-state index is 0.0214. The van der Waals surface area contributed by atoms with E-state index in [-0.39, 0.29) is 5.91 Å². The number of nitrogens with zero attached hydrogens (tertiary/aromatic N) is 1. The monoisotopic (exact) mass is 260 g/mol. The van der Waals surface area contributed by atoms with Crippen LogP contribution in [0.25, 0.3) is 0 Å². The molecule has 0 saturated heterocycles. The Kier molecular flexibility index (Phi) is 5.77. The third-order valence-electron chi connectivity index (χ3n) is 2.81. The van der Waals surface area contributed by atoms with E-state index in [1.165, 1.54) is 0 Å². The van der Waals surface area contributed by atoms with E-state index in [9.17, 15) is 4.79 Å². The van der Waals surface area contributed by atoms with E-state index in [0.717, 1.165) is 35.5 Å². The molecule has 0 aliphatic carbocycles. The standard InChI is InChI=1S/C16H24N2O/c1-6-18(10-12(2)3)11-16(19)17-15-8-13(4)7-14(5)9-15/h7-9H,2,6,10-11H2,1,3-5H3,(H,17,19). The second kappa shape index (κ2) is 7.10. The van der Waals surface area contributed by atoms with Gasteiger partial charge in [0, 0.05) is 12.2 Å². The van der Waals surface area contributed by atoms with E-state index in [2.05, 4.69) is 22.9 Å². The van der Waals surface area contributed by atoms with Crippen LogP contribution < -0.4 is 5.32 Å². The third kappa shape index (κ3) is 5.71. The van der Waals surface area contributed by atoms with Gasteiger partial charge < -0.3 is 5.32 Å². The largest absolute Gasteiger partial charge is 0.325 e. The van der Waals surface area contributed by atoms with Crippen LogP contribution in [0.2, 0.25) is 0 Å². The zero-order chi connectivity index (χ0) is 14.4. The number of aryl methyl sites for hydroxylation is 2. The number of carbonyl (C=O) groups excluding carboxylic acids is 1. The molecule has 1 rings (SSSR count). The summed E-state index contributed by atoms with van der Waals surface area (Å²) >= 11 is 0. The van der Waals surface area contributed by atoms with Crippen LogP contribution in [0.5, 0.6) is 0 Å². The number of rotatable bonds is 6. The topological polar surface area (TPSA) is 32.3 Å². The van der Waals surface area contributed by atoms with Crippen molar-refractivity contribution in [3.05, 3.63) is 41.5 Å². The van der Waals surface area contributed by atoms with Crippen LogP contribution in [0, 0.1) is 13.8 Å². The van der Waals surface area contributed by atoms with Crippen molar-refractivity contribution in [1.29, 1.82) is 0 Å². The van der Waals surface area contributed by atoms with E-state index < -0.39 is 0 Å². The Morgan fingerprint density at radius 2 is 1.79 bits per heavy atom. The molecule has 0 heterocycles. The van der Waals surface area contributed by atoms with Gasteiger partial charge in [-0.25, -0.2) is 0 Å². The maximum Gasteiger partial charge on any atom is 0.238 e. The van der Waals surface area contributed by atoms with Crippen LogP contribution in [-0.4, -0.2) is 30.4 Å². The van der Waals surface area contributed by atoms with Crippen LogP contribution in [0.15, 0.2) is 30.4 Å². The van der Waals surface area contributed by atoms with Gasteiger partial charge in [0.15, 0.2) is 0 Å². The minimum Gasteiger partial charge on any atom is -0.325 e. The second-order valence-electron chi connectivity index (χ2n) is 5.18. The summed E-state index contributed by atoms with van der Waals surface area (Å²) in [5.74, 6) is 0.0214. The average molecular weight is 260 g/mol. The first-order valence-corrected chi connectivity index (χ1v) is 6.65. The lowest BCUT2D eigenvalue weighted by atomic mass is 10.1. The summed E-state index contributed by atoms with van der Waals surface area (Å²) in [4.78, 5) is 14.1. The summed E-state index contributed by atoms with van der Waals surface area (Å²) in [5, 5.41) is 2.95. The van der Waals surface area contributed by atoms with E-state index in [1.54, 1.807) is 0 Å². The summed E-state index contributed by atoms with van der Waals surface area (Å²) in [6.45, 7) is 14.0. The molecule has 104 valence electrons. The lowest BCUT2D eigenvalue weighted by molar-refractivity contribution is -0.117. The van der Waals surface area contributed by atoms with Gasteiger partial charge in [-0.3, -0.25) is 9.69 Å². The van der Waals surface area contributed by atoms with Gasteiger partial charge in [-0.15, -0.1) is 0 Å². The molecule has 3 heteroatoms. The summed E-state index contributed by atoms with van der Waals surface area (Å²) in [7, 11) is 0. The van der Waals surface area contributed by atoms with Gasteiger partial charge >= 0.3 is 0 Å². The molecule has 1 amide bonds. The quantitative estimate of drug-likeness (QED) is 0.797. The normalized spacial score (nSPS) is 10.6. The Hall–Kier alpha value is -1.61. The molecule has 1 N–H and O–H groups in total. The SMILES string of the molecule is C=C(C)CN(CC)CC(=O)Nc1cc(C)cc(C)c1.